The Morgan fingerprint density at radius 1 is 1.50 bits per heavy atom. The first kappa shape index (κ1) is 13.2. The van der Waals surface area contributed by atoms with E-state index >= 15 is 0 Å². The van der Waals surface area contributed by atoms with Crippen LogP contribution in [0, 0.1) is 17.2 Å². The predicted molar refractivity (Wildman–Crippen MR) is 69.1 cm³/mol. The third-order valence-corrected chi connectivity index (χ3v) is 3.03. The second-order valence-corrected chi connectivity index (χ2v) is 4.46. The normalized spacial score (nSPS) is 11.9. The molecule has 0 amide bonds. The summed E-state index contributed by atoms with van der Waals surface area (Å²) in [7, 11) is 1.94. The topological polar surface area (TPSA) is 27.0 Å². The maximum Gasteiger partial charge on any atom is 0.0671 e. The summed E-state index contributed by atoms with van der Waals surface area (Å²) in [6.07, 6.45) is 0. The van der Waals surface area contributed by atoms with Crippen molar-refractivity contribution >= 4 is 28.9 Å². The Labute approximate surface area is 106 Å². The SMILES string of the molecule is CC(C#N)CN(C)c1cccc(Cl)c1CCl. The first-order valence-corrected chi connectivity index (χ1v) is 5.95. The lowest BCUT2D eigenvalue weighted by Crippen LogP contribution is -2.24. The van der Waals surface area contributed by atoms with Crippen LogP contribution in [-0.4, -0.2) is 13.6 Å². The first-order valence-electron chi connectivity index (χ1n) is 5.04. The second kappa shape index (κ2) is 5.98. The molecule has 1 atom stereocenters. The number of benzene rings is 1. The van der Waals surface area contributed by atoms with Crippen LogP contribution in [0.15, 0.2) is 18.2 Å². The van der Waals surface area contributed by atoms with Crippen molar-refractivity contribution in [1.82, 2.24) is 0 Å². The van der Waals surface area contributed by atoms with E-state index in [1.54, 1.807) is 0 Å². The zero-order valence-corrected chi connectivity index (χ0v) is 10.9. The molecule has 0 aliphatic heterocycles. The number of anilines is 1. The molecular formula is C12H14Cl2N2. The molecule has 0 N–H and O–H groups in total. The summed E-state index contributed by atoms with van der Waals surface area (Å²) >= 11 is 11.9. The Bertz CT molecular complexity index is 398. The van der Waals surface area contributed by atoms with Crippen LogP contribution in [0.25, 0.3) is 0 Å². The molecule has 1 rings (SSSR count). The van der Waals surface area contributed by atoms with Crippen molar-refractivity contribution in [2.24, 2.45) is 5.92 Å². The van der Waals surface area contributed by atoms with Gasteiger partial charge in [0.1, 0.15) is 0 Å². The molecule has 0 radical (unpaired) electrons. The molecule has 0 bridgehead atoms. The molecule has 0 saturated heterocycles. The summed E-state index contributed by atoms with van der Waals surface area (Å²) < 4.78 is 0. The van der Waals surface area contributed by atoms with Gasteiger partial charge in [0, 0.05) is 29.9 Å². The van der Waals surface area contributed by atoms with Gasteiger partial charge in [-0.25, -0.2) is 0 Å². The standard InChI is InChI=1S/C12H14Cl2N2/c1-9(7-15)8-16(2)12-5-3-4-11(14)10(12)6-13/h3-5,9H,6,8H2,1-2H3. The Kier molecular flexibility index (Phi) is 4.92. The van der Waals surface area contributed by atoms with Gasteiger partial charge in [-0.3, -0.25) is 0 Å². The molecule has 1 aromatic rings. The zero-order valence-electron chi connectivity index (χ0n) is 9.37. The van der Waals surface area contributed by atoms with Gasteiger partial charge in [-0.05, 0) is 19.1 Å². The minimum Gasteiger partial charge on any atom is -0.373 e. The van der Waals surface area contributed by atoms with Gasteiger partial charge in [0.15, 0.2) is 0 Å². The molecule has 2 nitrogen and oxygen atoms in total. The van der Waals surface area contributed by atoms with Gasteiger partial charge in [-0.15, -0.1) is 11.6 Å². The van der Waals surface area contributed by atoms with Crippen LogP contribution >= 0.6 is 23.2 Å². The van der Waals surface area contributed by atoms with Crippen LogP contribution in [-0.2, 0) is 5.88 Å². The van der Waals surface area contributed by atoms with Crippen molar-refractivity contribution in [3.63, 3.8) is 0 Å². The highest BCUT2D eigenvalue weighted by atomic mass is 35.5. The number of hydrogen-bond acceptors (Lipinski definition) is 2. The molecule has 0 aliphatic carbocycles. The molecule has 0 spiro atoms. The largest absolute Gasteiger partial charge is 0.373 e. The van der Waals surface area contributed by atoms with E-state index in [4.69, 9.17) is 28.5 Å². The number of nitrogens with zero attached hydrogens (tertiary/aromatic N) is 2. The monoisotopic (exact) mass is 256 g/mol. The number of nitriles is 1. The zero-order chi connectivity index (χ0) is 12.1. The van der Waals surface area contributed by atoms with Crippen LogP contribution in [0.1, 0.15) is 12.5 Å². The van der Waals surface area contributed by atoms with Crippen LogP contribution in [0.3, 0.4) is 0 Å². The fourth-order valence-corrected chi connectivity index (χ4v) is 2.17. The van der Waals surface area contributed by atoms with Crippen molar-refractivity contribution in [2.45, 2.75) is 12.8 Å². The third-order valence-electron chi connectivity index (χ3n) is 2.41. The highest BCUT2D eigenvalue weighted by molar-refractivity contribution is 6.32. The van der Waals surface area contributed by atoms with Crippen molar-refractivity contribution < 1.29 is 0 Å². The van der Waals surface area contributed by atoms with Crippen molar-refractivity contribution in [3.05, 3.63) is 28.8 Å². The molecule has 0 fully saturated rings. The van der Waals surface area contributed by atoms with E-state index in [0.717, 1.165) is 11.3 Å². The summed E-state index contributed by atoms with van der Waals surface area (Å²) in [6, 6.07) is 7.89. The summed E-state index contributed by atoms with van der Waals surface area (Å²) in [6.45, 7) is 2.56. The van der Waals surface area contributed by atoms with Crippen molar-refractivity contribution in [1.29, 1.82) is 5.26 Å². The van der Waals surface area contributed by atoms with Gasteiger partial charge < -0.3 is 4.90 Å². The number of hydrogen-bond donors (Lipinski definition) is 0. The van der Waals surface area contributed by atoms with Gasteiger partial charge >= 0.3 is 0 Å². The Morgan fingerprint density at radius 3 is 2.75 bits per heavy atom. The molecule has 0 saturated carbocycles. The van der Waals surface area contributed by atoms with Gasteiger partial charge in [0.05, 0.1) is 17.9 Å². The minimum absolute atomic E-state index is 0.0212. The first-order chi connectivity index (χ1) is 7.60. The van der Waals surface area contributed by atoms with E-state index in [0.29, 0.717) is 17.4 Å². The summed E-state index contributed by atoms with van der Waals surface area (Å²) in [5.41, 5.74) is 1.91. The molecule has 0 aromatic heterocycles. The number of rotatable bonds is 4. The van der Waals surface area contributed by atoms with Crippen LogP contribution < -0.4 is 4.90 Å². The maximum atomic E-state index is 8.78. The average molecular weight is 257 g/mol. The van der Waals surface area contributed by atoms with Gasteiger partial charge in [0.25, 0.3) is 0 Å². The molecule has 0 heterocycles. The van der Waals surface area contributed by atoms with E-state index in [1.807, 2.05) is 37.1 Å². The summed E-state index contributed by atoms with van der Waals surface area (Å²) in [5.74, 6) is 0.354. The molecule has 1 unspecified atom stereocenters. The highest BCUT2D eigenvalue weighted by Gasteiger charge is 2.12. The van der Waals surface area contributed by atoms with E-state index < -0.39 is 0 Å². The van der Waals surface area contributed by atoms with E-state index in [9.17, 15) is 0 Å². The number of alkyl halides is 1. The molecule has 4 heteroatoms. The third kappa shape index (κ3) is 3.04. The van der Waals surface area contributed by atoms with Crippen molar-refractivity contribution in [3.8, 4) is 6.07 Å². The number of halogens is 2. The molecule has 0 aliphatic rings. The van der Waals surface area contributed by atoms with E-state index in [1.165, 1.54) is 0 Å². The summed E-state index contributed by atoms with van der Waals surface area (Å²) in [5, 5.41) is 9.45. The molecule has 16 heavy (non-hydrogen) atoms. The predicted octanol–water partition coefficient (Wildman–Crippen LogP) is 3.67. The fraction of sp³-hybridized carbons (Fsp3) is 0.417. The lowest BCUT2D eigenvalue weighted by Gasteiger charge is -2.23. The fourth-order valence-electron chi connectivity index (χ4n) is 1.59. The lowest BCUT2D eigenvalue weighted by atomic mass is 10.1. The van der Waals surface area contributed by atoms with E-state index in [2.05, 4.69) is 6.07 Å². The van der Waals surface area contributed by atoms with Crippen LogP contribution in [0.2, 0.25) is 5.02 Å². The quantitative estimate of drug-likeness (QED) is 0.769. The molecular weight excluding hydrogens is 243 g/mol. The highest BCUT2D eigenvalue weighted by Crippen LogP contribution is 2.28. The van der Waals surface area contributed by atoms with Crippen molar-refractivity contribution in [2.75, 3.05) is 18.5 Å². The smallest absolute Gasteiger partial charge is 0.0671 e. The molecule has 86 valence electrons. The lowest BCUT2D eigenvalue weighted by molar-refractivity contribution is 0.715. The van der Waals surface area contributed by atoms with Crippen LogP contribution in [0.4, 0.5) is 5.69 Å². The van der Waals surface area contributed by atoms with Gasteiger partial charge in [0.2, 0.25) is 0 Å². The average Bonchev–Trinajstić information content (AvgIpc) is 2.28. The minimum atomic E-state index is -0.0212. The summed E-state index contributed by atoms with van der Waals surface area (Å²) in [4.78, 5) is 2.01. The maximum absolute atomic E-state index is 8.78. The van der Waals surface area contributed by atoms with Gasteiger partial charge in [-0.1, -0.05) is 17.7 Å². The van der Waals surface area contributed by atoms with Gasteiger partial charge in [-0.2, -0.15) is 5.26 Å². The molecule has 1 aromatic carbocycles. The second-order valence-electron chi connectivity index (χ2n) is 3.78. The van der Waals surface area contributed by atoms with E-state index in [-0.39, 0.29) is 5.92 Å². The Hall–Kier alpha value is -0.910. The Balaban J connectivity index is 2.95. The van der Waals surface area contributed by atoms with Crippen LogP contribution in [0.5, 0.6) is 0 Å². The Morgan fingerprint density at radius 2 is 2.19 bits per heavy atom.